The van der Waals surface area contributed by atoms with E-state index in [2.05, 4.69) is 15.4 Å². The molecule has 2 heterocycles. The molecule has 0 atom stereocenters. The van der Waals surface area contributed by atoms with Gasteiger partial charge in [-0.1, -0.05) is 11.8 Å². The fourth-order valence-electron chi connectivity index (χ4n) is 2.87. The van der Waals surface area contributed by atoms with E-state index in [1.165, 1.54) is 29.2 Å². The number of nitro groups is 1. The van der Waals surface area contributed by atoms with Crippen molar-refractivity contribution in [3.8, 4) is 0 Å². The fourth-order valence-corrected chi connectivity index (χ4v) is 3.70. The van der Waals surface area contributed by atoms with Crippen molar-refractivity contribution in [2.75, 3.05) is 31.3 Å². The van der Waals surface area contributed by atoms with Crippen molar-refractivity contribution in [2.24, 2.45) is 12.0 Å². The number of methoxy groups -OCH3 is 1. The number of anilines is 1. The maximum Gasteiger partial charge on any atom is 0.278 e. The minimum Gasteiger partial charge on any atom is -0.385 e. The highest BCUT2D eigenvalue weighted by atomic mass is 32.2. The number of nitrogens with one attached hydrogen (secondary N) is 1. The van der Waals surface area contributed by atoms with Crippen molar-refractivity contribution in [3.63, 3.8) is 0 Å². The summed E-state index contributed by atoms with van der Waals surface area (Å²) in [5.74, 6) is -0.548. The van der Waals surface area contributed by atoms with Crippen molar-refractivity contribution in [2.45, 2.75) is 6.42 Å². The molecule has 0 bridgehead atoms. The summed E-state index contributed by atoms with van der Waals surface area (Å²) in [6, 6.07) is 5.55. The molecular weight excluding hydrogens is 436 g/mol. The lowest BCUT2D eigenvalue weighted by Gasteiger charge is -2.17. The van der Waals surface area contributed by atoms with E-state index in [0.29, 0.717) is 30.4 Å². The molecule has 3 rings (SSSR count). The van der Waals surface area contributed by atoms with Crippen molar-refractivity contribution in [1.29, 1.82) is 0 Å². The van der Waals surface area contributed by atoms with Crippen LogP contribution in [0.4, 0.5) is 11.4 Å². The highest BCUT2D eigenvalue weighted by molar-refractivity contribution is 8.14. The second-order valence-corrected chi connectivity index (χ2v) is 7.76. The first-order valence-corrected chi connectivity index (χ1v) is 10.6. The van der Waals surface area contributed by atoms with Crippen LogP contribution in [0.3, 0.4) is 0 Å². The molecule has 1 aromatic carbocycles. The number of carbonyl (C=O) groups is 2. The van der Waals surface area contributed by atoms with Gasteiger partial charge >= 0.3 is 0 Å². The molecular formula is C20H22N6O5S. The average Bonchev–Trinajstić information content (AvgIpc) is 3.30. The summed E-state index contributed by atoms with van der Waals surface area (Å²) in [6.45, 7) is 0.900. The maximum atomic E-state index is 12.9. The quantitative estimate of drug-likeness (QED) is 0.264. The number of nitrogens with zero attached hydrogens (tertiary/aromatic N) is 5. The van der Waals surface area contributed by atoms with E-state index in [0.717, 1.165) is 17.3 Å². The predicted molar refractivity (Wildman–Crippen MR) is 121 cm³/mol. The molecule has 0 spiro atoms. The number of ether oxygens (including phenoxy) is 1. The Balaban J connectivity index is 1.67. The smallest absolute Gasteiger partial charge is 0.278 e. The standard InChI is InChI=1S/C20H22N6O5S/c1-24-12-14(11-21-24)10-17-19(28)25(8-3-9-31-2)20(23-17)32-13-18(27)22-15-4-6-16(7-5-15)26(29)30/h4-7,10-12H,3,8-9,13H2,1-2H3,(H,22,27)/b17-10+. The Morgan fingerprint density at radius 2 is 2.09 bits per heavy atom. The molecule has 1 aromatic heterocycles. The first-order valence-electron chi connectivity index (χ1n) is 9.64. The largest absolute Gasteiger partial charge is 0.385 e. The number of rotatable bonds is 9. The highest BCUT2D eigenvalue weighted by Gasteiger charge is 2.30. The van der Waals surface area contributed by atoms with Crippen LogP contribution in [0.2, 0.25) is 0 Å². The monoisotopic (exact) mass is 458 g/mol. The van der Waals surface area contributed by atoms with Gasteiger partial charge in [0.05, 0.1) is 16.9 Å². The van der Waals surface area contributed by atoms with E-state index in [1.807, 2.05) is 0 Å². The highest BCUT2D eigenvalue weighted by Crippen LogP contribution is 2.24. The minimum atomic E-state index is -0.508. The molecule has 11 nitrogen and oxygen atoms in total. The van der Waals surface area contributed by atoms with Crippen LogP contribution in [0.15, 0.2) is 47.3 Å². The zero-order valence-corrected chi connectivity index (χ0v) is 18.4. The summed E-state index contributed by atoms with van der Waals surface area (Å²) in [6.07, 6.45) is 5.68. The number of thioether (sulfide) groups is 1. The van der Waals surface area contributed by atoms with Crippen LogP contribution >= 0.6 is 11.8 Å². The Bertz CT molecular complexity index is 1060. The summed E-state index contributed by atoms with van der Waals surface area (Å²) in [7, 11) is 3.37. The first-order chi connectivity index (χ1) is 15.4. The topological polar surface area (TPSA) is 132 Å². The third-order valence-electron chi connectivity index (χ3n) is 4.36. The number of aryl methyl sites for hydroxylation is 1. The molecule has 2 aromatic rings. The first kappa shape index (κ1) is 23.2. The molecule has 0 saturated heterocycles. The van der Waals surface area contributed by atoms with Crippen LogP contribution in [0.25, 0.3) is 6.08 Å². The number of amidine groups is 1. The normalized spacial score (nSPS) is 14.7. The molecule has 0 aliphatic carbocycles. The molecule has 168 valence electrons. The van der Waals surface area contributed by atoms with Crippen LogP contribution in [0, 0.1) is 10.1 Å². The number of aromatic nitrogens is 2. The summed E-state index contributed by atoms with van der Waals surface area (Å²) in [5.41, 5.74) is 1.41. The second-order valence-electron chi connectivity index (χ2n) is 6.82. The number of amides is 2. The van der Waals surface area contributed by atoms with Gasteiger partial charge in [-0.05, 0) is 24.6 Å². The molecule has 12 heteroatoms. The van der Waals surface area contributed by atoms with Crippen LogP contribution in [-0.4, -0.2) is 62.6 Å². The second kappa shape index (κ2) is 10.7. The molecule has 0 fully saturated rings. The van der Waals surface area contributed by atoms with E-state index in [1.54, 1.807) is 37.3 Å². The molecule has 2 amide bonds. The van der Waals surface area contributed by atoms with Gasteiger partial charge in [0.25, 0.3) is 11.6 Å². The Morgan fingerprint density at radius 1 is 1.34 bits per heavy atom. The molecule has 0 saturated carbocycles. The molecule has 32 heavy (non-hydrogen) atoms. The Morgan fingerprint density at radius 3 is 2.72 bits per heavy atom. The Kier molecular flexibility index (Phi) is 7.73. The summed E-state index contributed by atoms with van der Waals surface area (Å²) in [5, 5.41) is 17.9. The van der Waals surface area contributed by atoms with Gasteiger partial charge in [-0.15, -0.1) is 0 Å². The SMILES string of the molecule is COCCCN1C(=O)/C(=C\c2cnn(C)c2)N=C1SCC(=O)Nc1ccc([N+](=O)[O-])cc1. The lowest BCUT2D eigenvalue weighted by atomic mass is 10.2. The van der Waals surface area contributed by atoms with Gasteiger partial charge in [0, 0.05) is 56.9 Å². The van der Waals surface area contributed by atoms with Gasteiger partial charge in [0.15, 0.2) is 5.17 Å². The molecule has 0 unspecified atom stereocenters. The number of hydrogen-bond acceptors (Lipinski definition) is 8. The minimum absolute atomic E-state index is 0.0179. The van der Waals surface area contributed by atoms with Crippen LogP contribution < -0.4 is 5.32 Å². The molecule has 1 aliphatic rings. The summed E-state index contributed by atoms with van der Waals surface area (Å²) in [4.78, 5) is 41.4. The van der Waals surface area contributed by atoms with Crippen LogP contribution in [0.1, 0.15) is 12.0 Å². The van der Waals surface area contributed by atoms with Gasteiger partial charge in [0.1, 0.15) is 5.70 Å². The average molecular weight is 459 g/mol. The van der Waals surface area contributed by atoms with E-state index in [-0.39, 0.29) is 29.0 Å². The lowest BCUT2D eigenvalue weighted by molar-refractivity contribution is -0.384. The fraction of sp³-hybridized carbons (Fsp3) is 0.300. The van der Waals surface area contributed by atoms with Crippen LogP contribution in [0.5, 0.6) is 0 Å². The van der Waals surface area contributed by atoms with Crippen molar-refractivity contribution < 1.29 is 19.2 Å². The van der Waals surface area contributed by atoms with Gasteiger partial charge in [0.2, 0.25) is 5.91 Å². The van der Waals surface area contributed by atoms with Crippen molar-refractivity contribution in [3.05, 3.63) is 58.0 Å². The lowest BCUT2D eigenvalue weighted by Crippen LogP contribution is -2.32. The molecule has 1 N–H and O–H groups in total. The predicted octanol–water partition coefficient (Wildman–Crippen LogP) is 2.28. The number of carbonyl (C=O) groups excluding carboxylic acids is 2. The van der Waals surface area contributed by atoms with E-state index in [4.69, 9.17) is 4.74 Å². The summed E-state index contributed by atoms with van der Waals surface area (Å²) < 4.78 is 6.70. The molecule has 0 radical (unpaired) electrons. The van der Waals surface area contributed by atoms with Gasteiger partial charge in [-0.2, -0.15) is 5.10 Å². The maximum absolute atomic E-state index is 12.9. The van der Waals surface area contributed by atoms with Crippen molar-refractivity contribution in [1.82, 2.24) is 14.7 Å². The number of nitro benzene ring substituents is 1. The third kappa shape index (κ3) is 6.02. The number of benzene rings is 1. The number of hydrogen-bond donors (Lipinski definition) is 1. The van der Waals surface area contributed by atoms with Gasteiger partial charge in [-0.3, -0.25) is 29.3 Å². The van der Waals surface area contributed by atoms with E-state index < -0.39 is 4.92 Å². The van der Waals surface area contributed by atoms with E-state index in [9.17, 15) is 19.7 Å². The Hall–Kier alpha value is -3.51. The van der Waals surface area contributed by atoms with Gasteiger partial charge < -0.3 is 10.1 Å². The van der Waals surface area contributed by atoms with E-state index >= 15 is 0 Å². The van der Waals surface area contributed by atoms with Crippen molar-refractivity contribution >= 4 is 46.2 Å². The zero-order valence-electron chi connectivity index (χ0n) is 17.6. The number of aliphatic imine (C=N–C) groups is 1. The number of non-ortho nitro benzene ring substituents is 1. The molecule has 1 aliphatic heterocycles. The van der Waals surface area contributed by atoms with Gasteiger partial charge in [-0.25, -0.2) is 4.99 Å². The third-order valence-corrected chi connectivity index (χ3v) is 5.34. The van der Waals surface area contributed by atoms with Crippen LogP contribution in [-0.2, 0) is 21.4 Å². The Labute approximate surface area is 188 Å². The zero-order chi connectivity index (χ0) is 23.1. The summed E-state index contributed by atoms with van der Waals surface area (Å²) >= 11 is 1.14.